The van der Waals surface area contributed by atoms with Gasteiger partial charge in [-0.15, -0.1) is 10.2 Å². The number of unbranched alkanes of at least 4 members (excludes halogenated alkanes) is 1. The molecule has 0 aliphatic carbocycles. The highest BCUT2D eigenvalue weighted by atomic mass is 32.2. The number of anilines is 1. The van der Waals surface area contributed by atoms with Crippen LogP contribution in [-0.2, 0) is 0 Å². The number of ether oxygens (including phenoxy) is 1. The van der Waals surface area contributed by atoms with Crippen LogP contribution in [0.4, 0.5) is 5.69 Å². The maximum atomic E-state index is 6.15. The van der Waals surface area contributed by atoms with E-state index in [1.54, 1.807) is 11.8 Å². The van der Waals surface area contributed by atoms with E-state index in [0.29, 0.717) is 22.5 Å². The number of benzene rings is 1. The first-order valence-electron chi connectivity index (χ1n) is 8.71. The highest BCUT2D eigenvalue weighted by Crippen LogP contribution is 2.39. The number of fused-ring (bicyclic) bond motifs is 3. The summed E-state index contributed by atoms with van der Waals surface area (Å²) < 4.78 is 11.9. The van der Waals surface area contributed by atoms with Gasteiger partial charge in [-0.05, 0) is 31.5 Å². The molecule has 0 amide bonds. The smallest absolute Gasteiger partial charge is 0.247 e. The van der Waals surface area contributed by atoms with Crippen LogP contribution in [0.3, 0.4) is 0 Å². The van der Waals surface area contributed by atoms with Gasteiger partial charge >= 0.3 is 0 Å². The zero-order valence-electron chi connectivity index (χ0n) is 14.7. The SMILES string of the molecule is CCCCSc1nnc2c(n1)O[C@H](c1ccc(C)o1)Nc1ccccc1-2. The Hall–Kier alpha value is -2.54. The third-order valence-corrected chi connectivity index (χ3v) is 5.01. The van der Waals surface area contributed by atoms with Gasteiger partial charge in [0.25, 0.3) is 0 Å². The summed E-state index contributed by atoms with van der Waals surface area (Å²) in [4.78, 5) is 4.61. The van der Waals surface area contributed by atoms with Crippen molar-refractivity contribution < 1.29 is 9.15 Å². The number of hydrogen-bond acceptors (Lipinski definition) is 7. The van der Waals surface area contributed by atoms with Gasteiger partial charge in [-0.1, -0.05) is 43.3 Å². The molecule has 3 heterocycles. The molecule has 7 heteroatoms. The molecular formula is C19H20N4O2S. The summed E-state index contributed by atoms with van der Waals surface area (Å²) in [6.45, 7) is 4.08. The van der Waals surface area contributed by atoms with Crippen molar-refractivity contribution in [2.45, 2.75) is 38.1 Å². The van der Waals surface area contributed by atoms with Crippen LogP contribution in [0.1, 0.15) is 37.5 Å². The molecule has 0 bridgehead atoms. The molecule has 0 fully saturated rings. The molecule has 1 aromatic carbocycles. The van der Waals surface area contributed by atoms with E-state index < -0.39 is 6.23 Å². The molecule has 3 aromatic rings. The first kappa shape index (κ1) is 16.9. The van der Waals surface area contributed by atoms with E-state index in [1.165, 1.54) is 0 Å². The van der Waals surface area contributed by atoms with Crippen LogP contribution in [0.25, 0.3) is 11.3 Å². The van der Waals surface area contributed by atoms with Crippen molar-refractivity contribution in [3.05, 3.63) is 47.9 Å². The van der Waals surface area contributed by atoms with Gasteiger partial charge in [-0.3, -0.25) is 0 Å². The predicted molar refractivity (Wildman–Crippen MR) is 101 cm³/mol. The zero-order chi connectivity index (χ0) is 17.9. The topological polar surface area (TPSA) is 73.1 Å². The van der Waals surface area contributed by atoms with Crippen LogP contribution in [0.15, 0.2) is 46.0 Å². The van der Waals surface area contributed by atoms with Crippen molar-refractivity contribution in [2.24, 2.45) is 0 Å². The van der Waals surface area contributed by atoms with E-state index in [4.69, 9.17) is 9.15 Å². The minimum atomic E-state index is -0.476. The molecule has 6 nitrogen and oxygen atoms in total. The molecule has 1 atom stereocenters. The van der Waals surface area contributed by atoms with Gasteiger partial charge in [0.1, 0.15) is 5.76 Å². The van der Waals surface area contributed by atoms with Crippen LogP contribution in [0.5, 0.6) is 5.88 Å². The molecule has 26 heavy (non-hydrogen) atoms. The minimum Gasteiger partial charge on any atom is -0.460 e. The van der Waals surface area contributed by atoms with E-state index in [9.17, 15) is 0 Å². The lowest BCUT2D eigenvalue weighted by Crippen LogP contribution is -2.16. The number of aryl methyl sites for hydroxylation is 1. The Morgan fingerprint density at radius 3 is 2.85 bits per heavy atom. The number of furan rings is 1. The number of aromatic nitrogens is 3. The maximum absolute atomic E-state index is 6.15. The third kappa shape index (κ3) is 3.39. The molecule has 4 rings (SSSR count). The lowest BCUT2D eigenvalue weighted by atomic mass is 10.1. The van der Waals surface area contributed by atoms with Gasteiger partial charge in [-0.2, -0.15) is 4.98 Å². The first-order chi connectivity index (χ1) is 12.7. The molecule has 0 radical (unpaired) electrons. The molecule has 1 aliphatic heterocycles. The van der Waals surface area contributed by atoms with Crippen molar-refractivity contribution in [1.29, 1.82) is 0 Å². The third-order valence-electron chi connectivity index (χ3n) is 4.08. The second-order valence-corrected chi connectivity index (χ2v) is 7.15. The number of nitrogens with zero attached hydrogens (tertiary/aromatic N) is 3. The van der Waals surface area contributed by atoms with Crippen LogP contribution in [-0.4, -0.2) is 20.9 Å². The highest BCUT2D eigenvalue weighted by Gasteiger charge is 2.27. The monoisotopic (exact) mass is 368 g/mol. The van der Waals surface area contributed by atoms with Gasteiger partial charge in [0.2, 0.25) is 17.3 Å². The Morgan fingerprint density at radius 2 is 2.04 bits per heavy atom. The van der Waals surface area contributed by atoms with Crippen LogP contribution >= 0.6 is 11.8 Å². The van der Waals surface area contributed by atoms with E-state index >= 15 is 0 Å². The summed E-state index contributed by atoms with van der Waals surface area (Å²) in [7, 11) is 0. The van der Waals surface area contributed by atoms with Gasteiger partial charge in [0.15, 0.2) is 11.5 Å². The lowest BCUT2D eigenvalue weighted by Gasteiger charge is -2.16. The quantitative estimate of drug-likeness (QED) is 0.510. The van der Waals surface area contributed by atoms with Crippen molar-refractivity contribution in [3.63, 3.8) is 0 Å². The summed E-state index contributed by atoms with van der Waals surface area (Å²) in [6, 6.07) is 11.7. The van der Waals surface area contributed by atoms with Crippen molar-refractivity contribution >= 4 is 17.4 Å². The lowest BCUT2D eigenvalue weighted by molar-refractivity contribution is 0.194. The molecule has 1 N–H and O–H groups in total. The van der Waals surface area contributed by atoms with Gasteiger partial charge in [0.05, 0.1) is 0 Å². The second kappa shape index (κ2) is 7.37. The summed E-state index contributed by atoms with van der Waals surface area (Å²) in [5.41, 5.74) is 2.46. The maximum Gasteiger partial charge on any atom is 0.247 e. The fourth-order valence-corrected chi connectivity index (χ4v) is 3.60. The fraction of sp³-hybridized carbons (Fsp3) is 0.316. The zero-order valence-corrected chi connectivity index (χ0v) is 15.5. The average molecular weight is 368 g/mol. The Bertz CT molecular complexity index is 912. The van der Waals surface area contributed by atoms with Crippen LogP contribution in [0, 0.1) is 6.92 Å². The van der Waals surface area contributed by atoms with Crippen LogP contribution in [0.2, 0.25) is 0 Å². The predicted octanol–water partition coefficient (Wildman–Crippen LogP) is 4.84. The number of rotatable bonds is 5. The van der Waals surface area contributed by atoms with E-state index in [2.05, 4.69) is 27.4 Å². The van der Waals surface area contributed by atoms with Gasteiger partial charge < -0.3 is 14.5 Å². The number of hydrogen-bond donors (Lipinski definition) is 1. The normalized spacial score (nSPS) is 15.4. The van der Waals surface area contributed by atoms with Crippen molar-refractivity contribution in [3.8, 4) is 17.1 Å². The number of para-hydroxylation sites is 1. The molecule has 134 valence electrons. The summed E-state index contributed by atoms with van der Waals surface area (Å²) in [5, 5.41) is 12.7. The minimum absolute atomic E-state index is 0.468. The largest absolute Gasteiger partial charge is 0.460 e. The highest BCUT2D eigenvalue weighted by molar-refractivity contribution is 7.99. The van der Waals surface area contributed by atoms with Crippen molar-refractivity contribution in [1.82, 2.24) is 15.2 Å². The van der Waals surface area contributed by atoms with Crippen LogP contribution < -0.4 is 10.1 Å². The molecular weight excluding hydrogens is 348 g/mol. The van der Waals surface area contributed by atoms with E-state index in [-0.39, 0.29) is 0 Å². The fourth-order valence-electron chi connectivity index (χ4n) is 2.74. The van der Waals surface area contributed by atoms with E-state index in [0.717, 1.165) is 35.6 Å². The van der Waals surface area contributed by atoms with Gasteiger partial charge in [0, 0.05) is 17.0 Å². The molecule has 0 spiro atoms. The number of nitrogens with one attached hydrogen (secondary N) is 1. The Kier molecular flexibility index (Phi) is 4.79. The summed E-state index contributed by atoms with van der Waals surface area (Å²) >= 11 is 1.60. The summed E-state index contributed by atoms with van der Waals surface area (Å²) in [5.74, 6) is 2.96. The van der Waals surface area contributed by atoms with Crippen molar-refractivity contribution in [2.75, 3.05) is 11.1 Å². The Labute approximate surface area is 156 Å². The molecule has 1 aliphatic rings. The molecule has 0 saturated carbocycles. The van der Waals surface area contributed by atoms with Gasteiger partial charge in [-0.25, -0.2) is 0 Å². The second-order valence-electron chi connectivity index (χ2n) is 6.09. The number of thioether (sulfide) groups is 1. The Balaban J connectivity index is 1.73. The molecule has 2 aromatic heterocycles. The Morgan fingerprint density at radius 1 is 1.15 bits per heavy atom. The first-order valence-corrected chi connectivity index (χ1v) is 9.69. The molecule has 0 unspecified atom stereocenters. The standard InChI is InChI=1S/C19H20N4O2S/c1-3-4-11-26-19-21-18-16(22-23-19)13-7-5-6-8-14(13)20-17(25-18)15-10-9-12(2)24-15/h5-10,17,20H,3-4,11H2,1-2H3/t17-/m1/s1. The van der Waals surface area contributed by atoms with E-state index in [1.807, 2.05) is 43.3 Å². The average Bonchev–Trinajstić information content (AvgIpc) is 3.01. The summed E-state index contributed by atoms with van der Waals surface area (Å²) in [6.07, 6.45) is 1.78. The molecule has 0 saturated heterocycles.